The van der Waals surface area contributed by atoms with E-state index in [9.17, 15) is 14.4 Å². The van der Waals surface area contributed by atoms with Crippen LogP contribution in [0.1, 0.15) is 225 Å². The van der Waals surface area contributed by atoms with Crippen molar-refractivity contribution >= 4 is 45.2 Å². The Bertz CT molecular complexity index is 2400. The van der Waals surface area contributed by atoms with Crippen LogP contribution in [0.4, 0.5) is 11.4 Å². The maximum absolute atomic E-state index is 13.1. The lowest BCUT2D eigenvalue weighted by molar-refractivity contribution is 0.0723. The molecule has 0 aromatic heterocycles. The normalized spacial score (nSPS) is 11.2. The van der Waals surface area contributed by atoms with Crippen LogP contribution in [-0.4, -0.2) is 31.1 Å². The molecule has 11 heteroatoms. The van der Waals surface area contributed by atoms with E-state index in [0.717, 1.165) is 25.0 Å². The van der Waals surface area contributed by atoms with Gasteiger partial charge in [-0.25, -0.2) is 14.4 Å². The van der Waals surface area contributed by atoms with E-state index in [2.05, 4.69) is 40.0 Å². The van der Waals surface area contributed by atoms with Gasteiger partial charge in [-0.1, -0.05) is 181 Å². The first-order chi connectivity index (χ1) is 37.3. The van der Waals surface area contributed by atoms with E-state index in [-0.39, 0.29) is 22.8 Å². The highest BCUT2D eigenvalue weighted by Crippen LogP contribution is 2.31. The van der Waals surface area contributed by atoms with Crippen molar-refractivity contribution in [1.29, 1.82) is 0 Å². The molecule has 0 bridgehead atoms. The standard InChI is InChI=1S/C65H85BrN2O8/c1-3-5-7-9-11-13-15-16-17-18-19-20-21-22-24-26-28-30-50-73-58-45-39-56(40-46-58)68-67-55-37-31-52(32-38-55)63(69)74-59-43-35-54(36-44-59)65(71)76-62-51-60(47-48-61(62)66)75-64(70)53-33-41-57(42-34-53)72-49-29-27-25-23-14-12-10-8-6-4-2/h31-48,51H,3-30,49-50H2,1-2H3. The Morgan fingerprint density at radius 2 is 0.632 bits per heavy atom. The van der Waals surface area contributed by atoms with Crippen LogP contribution in [0.2, 0.25) is 0 Å². The number of carbonyl (C=O) groups is 3. The minimum atomic E-state index is -0.657. The highest BCUT2D eigenvalue weighted by Gasteiger charge is 2.16. The smallest absolute Gasteiger partial charge is 0.343 e. The fraction of sp³-hybridized carbons (Fsp3) is 0.492. The van der Waals surface area contributed by atoms with Crippen molar-refractivity contribution in [3.8, 4) is 28.7 Å². The third-order valence-corrected chi connectivity index (χ3v) is 14.1. The molecular formula is C65H85BrN2O8. The number of carbonyl (C=O) groups excluding carboxylic acids is 3. The second-order valence-electron chi connectivity index (χ2n) is 19.9. The van der Waals surface area contributed by atoms with Gasteiger partial charge in [-0.05, 0) is 138 Å². The van der Waals surface area contributed by atoms with Crippen LogP contribution in [0.3, 0.4) is 0 Å². The van der Waals surface area contributed by atoms with Crippen LogP contribution >= 0.6 is 15.9 Å². The second kappa shape index (κ2) is 37.9. The van der Waals surface area contributed by atoms with Gasteiger partial charge in [0, 0.05) is 6.07 Å². The van der Waals surface area contributed by atoms with Crippen LogP contribution in [0.15, 0.2) is 130 Å². The minimum Gasteiger partial charge on any atom is -0.494 e. The number of halogens is 1. The molecule has 0 aliphatic heterocycles. The van der Waals surface area contributed by atoms with E-state index in [1.54, 1.807) is 60.7 Å². The molecule has 5 aromatic carbocycles. The molecule has 0 saturated carbocycles. The lowest BCUT2D eigenvalue weighted by atomic mass is 10.0. The number of ether oxygens (including phenoxy) is 5. The third kappa shape index (κ3) is 25.4. The molecule has 0 N–H and O–H groups in total. The topological polar surface area (TPSA) is 122 Å². The molecular weight excluding hydrogens is 1020 g/mol. The molecule has 0 spiro atoms. The number of esters is 3. The summed E-state index contributed by atoms with van der Waals surface area (Å²) < 4.78 is 29.2. The fourth-order valence-electron chi connectivity index (χ4n) is 8.82. The first-order valence-electron chi connectivity index (χ1n) is 28.8. The van der Waals surface area contributed by atoms with E-state index in [4.69, 9.17) is 23.7 Å². The van der Waals surface area contributed by atoms with Crippen molar-refractivity contribution in [2.45, 2.75) is 194 Å². The van der Waals surface area contributed by atoms with E-state index in [0.29, 0.717) is 45.9 Å². The summed E-state index contributed by atoms with van der Waals surface area (Å²) in [6.45, 7) is 5.87. The molecule has 410 valence electrons. The average molecular weight is 1100 g/mol. The zero-order valence-electron chi connectivity index (χ0n) is 45.7. The van der Waals surface area contributed by atoms with E-state index < -0.39 is 17.9 Å². The molecule has 0 heterocycles. The zero-order valence-corrected chi connectivity index (χ0v) is 47.3. The summed E-state index contributed by atoms with van der Waals surface area (Å²) in [5.74, 6) is 0.338. The van der Waals surface area contributed by atoms with Crippen molar-refractivity contribution in [1.82, 2.24) is 0 Å². The van der Waals surface area contributed by atoms with Gasteiger partial charge in [0.1, 0.15) is 28.7 Å². The molecule has 0 aliphatic rings. The molecule has 0 aliphatic carbocycles. The van der Waals surface area contributed by atoms with Crippen molar-refractivity contribution < 1.29 is 38.1 Å². The number of hydrogen-bond acceptors (Lipinski definition) is 10. The summed E-state index contributed by atoms with van der Waals surface area (Å²) in [5.41, 5.74) is 2.17. The van der Waals surface area contributed by atoms with Crippen LogP contribution in [-0.2, 0) is 0 Å². The Balaban J connectivity index is 0.925. The Hall–Kier alpha value is -5.81. The molecule has 76 heavy (non-hydrogen) atoms. The third-order valence-electron chi connectivity index (χ3n) is 13.5. The highest BCUT2D eigenvalue weighted by molar-refractivity contribution is 9.10. The lowest BCUT2D eigenvalue weighted by Crippen LogP contribution is -2.11. The molecule has 0 atom stereocenters. The van der Waals surface area contributed by atoms with Gasteiger partial charge in [-0.3, -0.25) is 0 Å². The van der Waals surface area contributed by atoms with Crippen molar-refractivity contribution in [3.63, 3.8) is 0 Å². The van der Waals surface area contributed by atoms with E-state index >= 15 is 0 Å². The van der Waals surface area contributed by atoms with Gasteiger partial charge in [-0.15, -0.1) is 0 Å². The number of hydrogen-bond donors (Lipinski definition) is 0. The maximum atomic E-state index is 13.1. The van der Waals surface area contributed by atoms with Gasteiger partial charge < -0.3 is 23.7 Å². The predicted octanol–water partition coefficient (Wildman–Crippen LogP) is 20.2. The van der Waals surface area contributed by atoms with E-state index in [1.807, 2.05) is 24.3 Å². The van der Waals surface area contributed by atoms with Crippen molar-refractivity contribution in [2.24, 2.45) is 10.2 Å². The highest BCUT2D eigenvalue weighted by atomic mass is 79.9. The molecule has 5 rings (SSSR count). The Morgan fingerprint density at radius 3 is 1.03 bits per heavy atom. The molecule has 0 fully saturated rings. The van der Waals surface area contributed by atoms with Crippen LogP contribution in [0.25, 0.3) is 0 Å². The van der Waals surface area contributed by atoms with Crippen LogP contribution in [0, 0.1) is 0 Å². The van der Waals surface area contributed by atoms with Crippen LogP contribution in [0.5, 0.6) is 28.7 Å². The number of nitrogens with zero attached hydrogens (tertiary/aromatic N) is 2. The first-order valence-corrected chi connectivity index (χ1v) is 29.6. The largest absolute Gasteiger partial charge is 0.494 e. The van der Waals surface area contributed by atoms with Gasteiger partial charge in [0.05, 0.1) is 45.8 Å². The Kier molecular flexibility index (Phi) is 30.4. The molecule has 5 aromatic rings. The van der Waals surface area contributed by atoms with Gasteiger partial charge >= 0.3 is 17.9 Å². The Labute approximate surface area is 463 Å². The second-order valence-corrected chi connectivity index (χ2v) is 20.8. The summed E-state index contributed by atoms with van der Waals surface area (Å²) in [7, 11) is 0. The monoisotopic (exact) mass is 1100 g/mol. The van der Waals surface area contributed by atoms with Gasteiger partial charge in [-0.2, -0.15) is 10.2 Å². The molecule has 10 nitrogen and oxygen atoms in total. The summed E-state index contributed by atoms with van der Waals surface area (Å²) in [6, 6.07) is 31.8. The average Bonchev–Trinajstić information content (AvgIpc) is 3.44. The molecule has 0 radical (unpaired) electrons. The molecule has 0 saturated heterocycles. The quantitative estimate of drug-likeness (QED) is 0.0165. The lowest BCUT2D eigenvalue weighted by Gasteiger charge is -2.10. The number of azo groups is 1. The summed E-state index contributed by atoms with van der Waals surface area (Å²) in [4.78, 5) is 39.1. The molecule has 0 unspecified atom stereocenters. The van der Waals surface area contributed by atoms with Gasteiger partial charge in [0.25, 0.3) is 0 Å². The summed E-state index contributed by atoms with van der Waals surface area (Å²) in [5, 5.41) is 8.66. The van der Waals surface area contributed by atoms with Gasteiger partial charge in [0.15, 0.2) is 0 Å². The summed E-state index contributed by atoms with van der Waals surface area (Å²) in [6.07, 6.45) is 37.1. The number of rotatable bonds is 40. The number of unbranched alkanes of at least 4 members (excludes halogenated alkanes) is 26. The van der Waals surface area contributed by atoms with Gasteiger partial charge in [0.2, 0.25) is 0 Å². The first kappa shape index (κ1) is 61.0. The van der Waals surface area contributed by atoms with Crippen molar-refractivity contribution in [3.05, 3.63) is 136 Å². The Morgan fingerprint density at radius 1 is 0.342 bits per heavy atom. The SMILES string of the molecule is CCCCCCCCCCCCCCCCCCCCOc1ccc(N=Nc2ccc(C(=O)Oc3ccc(C(=O)Oc4cc(OC(=O)c5ccc(OCCCCCCCCCCCC)cc5)ccc4Br)cc3)cc2)cc1. The minimum absolute atomic E-state index is 0.160. The maximum Gasteiger partial charge on any atom is 0.343 e. The van der Waals surface area contributed by atoms with E-state index in [1.165, 1.54) is 191 Å². The van der Waals surface area contributed by atoms with Crippen LogP contribution < -0.4 is 23.7 Å². The van der Waals surface area contributed by atoms with Crippen molar-refractivity contribution in [2.75, 3.05) is 13.2 Å². The number of benzene rings is 5. The summed E-state index contributed by atoms with van der Waals surface area (Å²) >= 11 is 3.41. The fourth-order valence-corrected chi connectivity index (χ4v) is 9.15. The predicted molar refractivity (Wildman–Crippen MR) is 311 cm³/mol. The molecule has 0 amide bonds. The zero-order chi connectivity index (χ0) is 53.7.